The maximum absolute atomic E-state index is 12.6. The number of ether oxygens (including phenoxy) is 1. The number of amides is 2. The Hall–Kier alpha value is -3.05. The average Bonchev–Trinajstić information content (AvgIpc) is 2.73. The fourth-order valence-corrected chi connectivity index (χ4v) is 2.78. The first-order valence-electron chi connectivity index (χ1n) is 8.90. The van der Waals surface area contributed by atoms with Crippen LogP contribution < -0.4 is 20.9 Å². The molecular weight excluding hydrogens is 476 g/mol. The number of benzene rings is 2. The Kier molecular flexibility index (Phi) is 8.69. The molecule has 0 aliphatic heterocycles. The molecule has 2 aromatic rings. The molecule has 2 amide bonds. The van der Waals surface area contributed by atoms with Crippen molar-refractivity contribution in [3.05, 3.63) is 68.2 Å². The molecule has 0 atom stereocenters. The van der Waals surface area contributed by atoms with Gasteiger partial charge >= 0.3 is 0 Å². The van der Waals surface area contributed by atoms with Crippen molar-refractivity contribution in [2.75, 3.05) is 6.61 Å². The maximum Gasteiger partial charge on any atom is 0.270 e. The summed E-state index contributed by atoms with van der Waals surface area (Å²) < 4.78 is 6.34. The first-order valence-corrected chi connectivity index (χ1v) is 10.1. The van der Waals surface area contributed by atoms with E-state index in [1.807, 2.05) is 6.92 Å². The van der Waals surface area contributed by atoms with Crippen molar-refractivity contribution >= 4 is 50.8 Å². The number of non-ortho nitro benzene ring substituents is 1. The molecule has 0 spiro atoms. The highest BCUT2D eigenvalue weighted by atomic mass is 79.9. The molecule has 158 valence electrons. The van der Waals surface area contributed by atoms with Gasteiger partial charge in [0.25, 0.3) is 17.5 Å². The lowest BCUT2D eigenvalue weighted by Crippen LogP contribution is -2.48. The van der Waals surface area contributed by atoms with Gasteiger partial charge in [-0.3, -0.25) is 35.9 Å². The van der Waals surface area contributed by atoms with Gasteiger partial charge in [-0.05, 0) is 42.9 Å². The largest absolute Gasteiger partial charge is 0.493 e. The molecule has 0 aliphatic carbocycles. The molecule has 11 heteroatoms. The highest BCUT2D eigenvalue weighted by molar-refractivity contribution is 9.10. The lowest BCUT2D eigenvalue weighted by atomic mass is 10.2. The number of carbonyl (C=O) groups excluding carboxylic acids is 2. The topological polar surface area (TPSA) is 123 Å². The number of hydrazine groups is 1. The van der Waals surface area contributed by atoms with E-state index in [0.717, 1.165) is 18.9 Å². The number of nitrogens with zero attached hydrogens (tertiary/aromatic N) is 1. The van der Waals surface area contributed by atoms with Crippen LogP contribution in [0.25, 0.3) is 0 Å². The molecule has 0 radical (unpaired) electrons. The summed E-state index contributed by atoms with van der Waals surface area (Å²) in [5, 5.41) is 13.1. The van der Waals surface area contributed by atoms with Crippen LogP contribution in [0.2, 0.25) is 0 Å². The molecule has 0 bridgehead atoms. The number of nitro groups is 1. The van der Waals surface area contributed by atoms with Gasteiger partial charge in [0.15, 0.2) is 5.11 Å². The Balaban J connectivity index is 1.97. The number of carbonyl (C=O) groups is 2. The minimum absolute atomic E-state index is 0.0597. The quantitative estimate of drug-likeness (QED) is 0.233. The van der Waals surface area contributed by atoms with Crippen molar-refractivity contribution in [1.82, 2.24) is 16.2 Å². The summed E-state index contributed by atoms with van der Waals surface area (Å²) in [6.45, 7) is 2.50. The number of rotatable bonds is 7. The molecule has 0 aromatic heterocycles. The summed E-state index contributed by atoms with van der Waals surface area (Å²) in [6.07, 6.45) is 1.80. The standard InChI is InChI=1S/C19H19BrN4O5S/c1-2-3-9-29-16-8-7-13(20)11-15(16)18(26)21-19(30)23-22-17(25)12-5-4-6-14(10-12)24(27)28/h4-8,10-11H,2-3,9H2,1H3,(H,22,25)(H2,21,23,26,30). The Morgan fingerprint density at radius 1 is 1.17 bits per heavy atom. The van der Waals surface area contributed by atoms with Gasteiger partial charge in [0.05, 0.1) is 17.1 Å². The number of nitrogens with one attached hydrogen (secondary N) is 3. The molecule has 2 aromatic carbocycles. The summed E-state index contributed by atoms with van der Waals surface area (Å²) in [4.78, 5) is 34.9. The second-order valence-corrected chi connectivity index (χ2v) is 7.34. The van der Waals surface area contributed by atoms with E-state index in [0.29, 0.717) is 16.8 Å². The molecule has 0 saturated heterocycles. The van der Waals surface area contributed by atoms with Crippen LogP contribution in [0.15, 0.2) is 46.9 Å². The second-order valence-electron chi connectivity index (χ2n) is 6.01. The van der Waals surface area contributed by atoms with E-state index in [1.54, 1.807) is 18.2 Å². The maximum atomic E-state index is 12.6. The molecule has 0 saturated carbocycles. The van der Waals surface area contributed by atoms with Crippen molar-refractivity contribution in [3.8, 4) is 5.75 Å². The van der Waals surface area contributed by atoms with Gasteiger partial charge in [-0.15, -0.1) is 0 Å². The fourth-order valence-electron chi connectivity index (χ4n) is 2.28. The number of hydrogen-bond acceptors (Lipinski definition) is 6. The Morgan fingerprint density at radius 2 is 1.93 bits per heavy atom. The van der Waals surface area contributed by atoms with E-state index in [4.69, 9.17) is 17.0 Å². The van der Waals surface area contributed by atoms with Crippen LogP contribution in [0.3, 0.4) is 0 Å². The van der Waals surface area contributed by atoms with Crippen molar-refractivity contribution < 1.29 is 19.2 Å². The Bertz CT molecular complexity index is 970. The van der Waals surface area contributed by atoms with Crippen molar-refractivity contribution in [3.63, 3.8) is 0 Å². The van der Waals surface area contributed by atoms with Gasteiger partial charge in [0.2, 0.25) is 0 Å². The highest BCUT2D eigenvalue weighted by Crippen LogP contribution is 2.23. The summed E-state index contributed by atoms with van der Waals surface area (Å²) >= 11 is 8.35. The third-order valence-corrected chi connectivity index (χ3v) is 4.47. The van der Waals surface area contributed by atoms with Crippen LogP contribution in [0.5, 0.6) is 5.75 Å². The van der Waals surface area contributed by atoms with E-state index >= 15 is 0 Å². The van der Waals surface area contributed by atoms with E-state index in [2.05, 4.69) is 32.1 Å². The predicted molar refractivity (Wildman–Crippen MR) is 118 cm³/mol. The zero-order chi connectivity index (χ0) is 22.1. The third kappa shape index (κ3) is 6.78. The molecule has 0 fully saturated rings. The SMILES string of the molecule is CCCCOc1ccc(Br)cc1C(=O)NC(=S)NNC(=O)c1cccc([N+](=O)[O-])c1. The lowest BCUT2D eigenvalue weighted by molar-refractivity contribution is -0.384. The van der Waals surface area contributed by atoms with Gasteiger partial charge in [-0.2, -0.15) is 0 Å². The molecule has 3 N–H and O–H groups in total. The minimum Gasteiger partial charge on any atom is -0.493 e. The van der Waals surface area contributed by atoms with Crippen LogP contribution in [0, 0.1) is 10.1 Å². The van der Waals surface area contributed by atoms with Gasteiger partial charge in [0.1, 0.15) is 5.75 Å². The highest BCUT2D eigenvalue weighted by Gasteiger charge is 2.16. The van der Waals surface area contributed by atoms with Gasteiger partial charge in [-0.25, -0.2) is 0 Å². The number of hydrogen-bond donors (Lipinski definition) is 3. The van der Waals surface area contributed by atoms with Crippen molar-refractivity contribution in [2.45, 2.75) is 19.8 Å². The molecule has 30 heavy (non-hydrogen) atoms. The van der Waals surface area contributed by atoms with E-state index in [1.165, 1.54) is 18.2 Å². The fraction of sp³-hybridized carbons (Fsp3) is 0.211. The molecule has 0 heterocycles. The first-order chi connectivity index (χ1) is 14.3. The first kappa shape index (κ1) is 23.2. The number of unbranched alkanes of at least 4 members (excludes halogenated alkanes) is 1. The smallest absolute Gasteiger partial charge is 0.270 e. The van der Waals surface area contributed by atoms with Crippen molar-refractivity contribution in [2.24, 2.45) is 0 Å². The number of thiocarbonyl (C=S) groups is 1. The summed E-state index contributed by atoms with van der Waals surface area (Å²) in [5.41, 5.74) is 4.79. The zero-order valence-electron chi connectivity index (χ0n) is 15.9. The Labute approximate surface area is 186 Å². The number of halogens is 1. The van der Waals surface area contributed by atoms with E-state index in [-0.39, 0.29) is 21.9 Å². The molecular formula is C19H19BrN4O5S. The zero-order valence-corrected chi connectivity index (χ0v) is 18.3. The third-order valence-electron chi connectivity index (χ3n) is 3.78. The summed E-state index contributed by atoms with van der Waals surface area (Å²) in [5.74, 6) is -0.765. The van der Waals surface area contributed by atoms with Crippen molar-refractivity contribution in [1.29, 1.82) is 0 Å². The summed E-state index contributed by atoms with van der Waals surface area (Å²) in [6, 6.07) is 10.2. The molecule has 9 nitrogen and oxygen atoms in total. The average molecular weight is 495 g/mol. The molecule has 0 unspecified atom stereocenters. The normalized spacial score (nSPS) is 10.1. The van der Waals surface area contributed by atoms with Crippen LogP contribution in [0.4, 0.5) is 5.69 Å². The van der Waals surface area contributed by atoms with E-state index in [9.17, 15) is 19.7 Å². The Morgan fingerprint density at radius 3 is 2.63 bits per heavy atom. The lowest BCUT2D eigenvalue weighted by Gasteiger charge is -2.14. The van der Waals surface area contributed by atoms with Gasteiger partial charge < -0.3 is 4.74 Å². The van der Waals surface area contributed by atoms with Crippen LogP contribution >= 0.6 is 28.1 Å². The van der Waals surface area contributed by atoms with Gasteiger partial charge in [-0.1, -0.05) is 35.3 Å². The monoisotopic (exact) mass is 494 g/mol. The second kappa shape index (κ2) is 11.2. The minimum atomic E-state index is -0.652. The van der Waals surface area contributed by atoms with Gasteiger partial charge in [0, 0.05) is 22.2 Å². The van der Waals surface area contributed by atoms with Crippen LogP contribution in [-0.4, -0.2) is 28.5 Å². The summed E-state index contributed by atoms with van der Waals surface area (Å²) in [7, 11) is 0. The number of nitro benzene ring substituents is 1. The predicted octanol–water partition coefficient (Wildman–Crippen LogP) is 3.49. The van der Waals surface area contributed by atoms with Crippen LogP contribution in [-0.2, 0) is 0 Å². The van der Waals surface area contributed by atoms with Crippen LogP contribution in [0.1, 0.15) is 40.5 Å². The molecule has 0 aliphatic rings. The van der Waals surface area contributed by atoms with E-state index < -0.39 is 16.7 Å². The molecule has 2 rings (SSSR count).